The van der Waals surface area contributed by atoms with E-state index in [1.807, 2.05) is 68.1 Å². The Labute approximate surface area is 267 Å². The van der Waals surface area contributed by atoms with Crippen molar-refractivity contribution < 1.29 is 14.4 Å². The lowest BCUT2D eigenvalue weighted by Gasteiger charge is -2.42. The maximum Gasteiger partial charge on any atom is 0.314 e. The summed E-state index contributed by atoms with van der Waals surface area (Å²) in [6.45, 7) is 7.66. The average Bonchev–Trinajstić information content (AvgIpc) is 3.44. The van der Waals surface area contributed by atoms with Gasteiger partial charge in [0.15, 0.2) is 17.4 Å². The van der Waals surface area contributed by atoms with Crippen molar-refractivity contribution in [3.05, 3.63) is 106 Å². The molecule has 0 fully saturated rings. The van der Waals surface area contributed by atoms with Gasteiger partial charge in [-0.15, -0.1) is 0 Å². The van der Waals surface area contributed by atoms with Crippen LogP contribution in [-0.4, -0.2) is 58.8 Å². The monoisotopic (exact) mass is 612 g/mol. The van der Waals surface area contributed by atoms with Gasteiger partial charge in [0.2, 0.25) is 0 Å². The summed E-state index contributed by atoms with van der Waals surface area (Å²) in [5.41, 5.74) is 11.3. The number of aromatic nitrogens is 2. The van der Waals surface area contributed by atoms with Crippen LogP contribution in [-0.2, 0) is 16.8 Å². The van der Waals surface area contributed by atoms with Gasteiger partial charge < -0.3 is 20.4 Å². The Morgan fingerprint density at radius 1 is 1.00 bits per heavy atom. The first-order valence-electron chi connectivity index (χ1n) is 15.6. The molecule has 2 heterocycles. The number of rotatable bonds is 7. The number of hydrogen-bond acceptors (Lipinski definition) is 7. The van der Waals surface area contributed by atoms with Crippen molar-refractivity contribution in [3.63, 3.8) is 0 Å². The number of fused-ring (bicyclic) bond motifs is 6. The van der Waals surface area contributed by atoms with Crippen molar-refractivity contribution in [2.24, 2.45) is 11.7 Å². The Morgan fingerprint density at radius 2 is 1.76 bits per heavy atom. The molecule has 2 aliphatic carbocycles. The zero-order valence-electron chi connectivity index (χ0n) is 26.2. The molecule has 2 amide bonds. The van der Waals surface area contributed by atoms with Crippen LogP contribution >= 0.6 is 0 Å². The normalized spacial score (nSPS) is 19.4. The minimum Gasteiger partial charge on any atom is -0.351 e. The number of urea groups is 1. The van der Waals surface area contributed by atoms with Gasteiger partial charge in [-0.1, -0.05) is 79.2 Å². The summed E-state index contributed by atoms with van der Waals surface area (Å²) in [6.07, 6.45) is 7.64. The Hall–Kier alpha value is -5.31. The van der Waals surface area contributed by atoms with Crippen molar-refractivity contribution in [2.45, 2.75) is 32.7 Å². The number of hydrogen-bond donors (Lipinski definition) is 1. The highest BCUT2D eigenvalue weighted by Crippen LogP contribution is 2.43. The number of amides is 2. The third kappa shape index (κ3) is 4.74. The standard InChI is InChI=1S/C37H36N6O3/c1-23-8-10-25(11-9-23)14-15-41(36(38)46)16-17-42-22-43(35-32(42)20-39-21-40-35)37(3)31-13-12-27-26-6-4-5-7-28(26)33(44)19-29(27)30(31)18-24(2)34(37)45/h4-13,18-21,24H,14-17,22H2,1-3H3,(H2,38,46). The number of Topliss-reactive ketones (excluding diaryl/α,β-unsaturated/α-hetero) is 2. The largest absolute Gasteiger partial charge is 0.351 e. The minimum atomic E-state index is -1.07. The van der Waals surface area contributed by atoms with E-state index in [0.29, 0.717) is 44.1 Å². The highest BCUT2D eigenvalue weighted by atomic mass is 16.2. The molecule has 232 valence electrons. The summed E-state index contributed by atoms with van der Waals surface area (Å²) >= 11 is 0. The van der Waals surface area contributed by atoms with Gasteiger partial charge in [-0.25, -0.2) is 14.8 Å². The molecule has 9 heteroatoms. The van der Waals surface area contributed by atoms with E-state index in [2.05, 4.69) is 39.1 Å². The van der Waals surface area contributed by atoms with Crippen molar-refractivity contribution in [1.82, 2.24) is 14.9 Å². The molecule has 1 aliphatic heterocycles. The number of ketones is 2. The number of aryl methyl sites for hydroxylation is 1. The van der Waals surface area contributed by atoms with E-state index < -0.39 is 17.5 Å². The van der Waals surface area contributed by atoms with Crippen LogP contribution in [0.15, 0.2) is 73.2 Å². The fraction of sp³-hybridized carbons (Fsp3) is 0.270. The third-order valence-electron chi connectivity index (χ3n) is 9.74. The molecule has 46 heavy (non-hydrogen) atoms. The number of carbonyl (C=O) groups excluding carboxylic acids is 3. The minimum absolute atomic E-state index is 0.0389. The van der Waals surface area contributed by atoms with E-state index in [0.717, 1.165) is 38.4 Å². The molecule has 7 rings (SSSR count). The molecule has 0 spiro atoms. The second-order valence-corrected chi connectivity index (χ2v) is 12.6. The Balaban J connectivity index is 1.22. The summed E-state index contributed by atoms with van der Waals surface area (Å²) in [6, 6.07) is 19.5. The predicted octanol–water partition coefficient (Wildman–Crippen LogP) is 3.55. The number of anilines is 2. The Kier molecular flexibility index (Phi) is 7.19. The topological polar surface area (TPSA) is 113 Å². The molecule has 3 aliphatic rings. The molecule has 0 saturated carbocycles. The van der Waals surface area contributed by atoms with E-state index in [4.69, 9.17) is 5.73 Å². The average molecular weight is 613 g/mol. The van der Waals surface area contributed by atoms with Gasteiger partial charge in [0.25, 0.3) is 0 Å². The highest BCUT2D eigenvalue weighted by molar-refractivity contribution is 6.22. The smallest absolute Gasteiger partial charge is 0.314 e. The maximum absolute atomic E-state index is 14.3. The van der Waals surface area contributed by atoms with Crippen LogP contribution in [0.2, 0.25) is 0 Å². The van der Waals surface area contributed by atoms with Crippen LogP contribution < -0.4 is 26.0 Å². The van der Waals surface area contributed by atoms with Crippen molar-refractivity contribution in [3.8, 4) is 11.1 Å². The molecule has 0 radical (unpaired) electrons. The number of nitrogens with zero attached hydrogens (tertiary/aromatic N) is 5. The number of primary amides is 1. The second-order valence-electron chi connectivity index (χ2n) is 12.6. The van der Waals surface area contributed by atoms with Crippen LogP contribution in [0.4, 0.5) is 16.3 Å². The summed E-state index contributed by atoms with van der Waals surface area (Å²) < 4.78 is 0. The molecule has 9 nitrogen and oxygen atoms in total. The van der Waals surface area contributed by atoms with Gasteiger partial charge in [0.1, 0.15) is 17.6 Å². The molecular formula is C37H36N6O3. The molecule has 1 aromatic heterocycles. The molecule has 2 atom stereocenters. The van der Waals surface area contributed by atoms with Crippen LogP contribution in [0.5, 0.6) is 0 Å². The van der Waals surface area contributed by atoms with Gasteiger partial charge in [0, 0.05) is 31.1 Å². The Morgan fingerprint density at radius 3 is 2.52 bits per heavy atom. The first-order valence-corrected chi connectivity index (χ1v) is 15.6. The van der Waals surface area contributed by atoms with Gasteiger partial charge in [-0.05, 0) is 59.0 Å². The summed E-state index contributed by atoms with van der Waals surface area (Å²) in [7, 11) is 0. The van der Waals surface area contributed by atoms with E-state index >= 15 is 0 Å². The van der Waals surface area contributed by atoms with E-state index in [1.165, 1.54) is 11.9 Å². The van der Waals surface area contributed by atoms with Crippen molar-refractivity contribution >= 4 is 41.3 Å². The second kappa shape index (κ2) is 11.2. The molecule has 0 bridgehead atoms. The molecule has 3 aromatic carbocycles. The maximum atomic E-state index is 14.3. The van der Waals surface area contributed by atoms with Crippen molar-refractivity contribution in [1.29, 1.82) is 0 Å². The summed E-state index contributed by atoms with van der Waals surface area (Å²) in [5.74, 6) is 0.268. The Bertz CT molecular complexity index is 2020. The van der Waals surface area contributed by atoms with Crippen LogP contribution in [0.1, 0.15) is 40.9 Å². The first-order chi connectivity index (χ1) is 22.2. The van der Waals surface area contributed by atoms with E-state index in [-0.39, 0.29) is 11.6 Å². The van der Waals surface area contributed by atoms with Crippen LogP contribution in [0, 0.1) is 12.8 Å². The van der Waals surface area contributed by atoms with Crippen LogP contribution in [0.25, 0.3) is 23.3 Å². The van der Waals surface area contributed by atoms with Gasteiger partial charge in [-0.3, -0.25) is 9.59 Å². The van der Waals surface area contributed by atoms with Gasteiger partial charge >= 0.3 is 6.03 Å². The lowest BCUT2D eigenvalue weighted by molar-refractivity contribution is -0.126. The zero-order chi connectivity index (χ0) is 32.2. The molecule has 0 saturated heterocycles. The molecule has 2 unspecified atom stereocenters. The number of carbonyl (C=O) groups is 3. The first kappa shape index (κ1) is 29.4. The van der Waals surface area contributed by atoms with Crippen molar-refractivity contribution in [2.75, 3.05) is 36.1 Å². The van der Waals surface area contributed by atoms with Gasteiger partial charge in [-0.2, -0.15) is 0 Å². The lowest BCUT2D eigenvalue weighted by Crippen LogP contribution is -2.59. The fourth-order valence-electron chi connectivity index (χ4n) is 7.15. The number of benzene rings is 3. The van der Waals surface area contributed by atoms with Gasteiger partial charge in [0.05, 0.1) is 12.9 Å². The predicted molar refractivity (Wildman–Crippen MR) is 179 cm³/mol. The zero-order valence-corrected chi connectivity index (χ0v) is 26.2. The van der Waals surface area contributed by atoms with Crippen LogP contribution in [0.3, 0.4) is 0 Å². The molecule has 4 aromatic rings. The highest BCUT2D eigenvalue weighted by Gasteiger charge is 2.49. The molecular weight excluding hydrogens is 576 g/mol. The van der Waals surface area contributed by atoms with E-state index in [9.17, 15) is 14.4 Å². The lowest BCUT2D eigenvalue weighted by atomic mass is 9.73. The fourth-order valence-corrected chi connectivity index (χ4v) is 7.15. The quantitative estimate of drug-likeness (QED) is 0.340. The SMILES string of the molecule is Cc1ccc(CCN(CCN2CN(C3(C)C(=O)C(C)C=c4c3ccc3c4=CC(=O)c4ccccc4-3)c3ncncc32)C(N)=O)cc1. The third-order valence-corrected chi connectivity index (χ3v) is 9.74. The summed E-state index contributed by atoms with van der Waals surface area (Å²) in [4.78, 5) is 54.7. The van der Waals surface area contributed by atoms with E-state index in [1.54, 1.807) is 17.2 Å². The molecule has 2 N–H and O–H groups in total. The summed E-state index contributed by atoms with van der Waals surface area (Å²) in [5, 5.41) is 1.75. The number of nitrogens with two attached hydrogens (primary N) is 1.